The first-order valence-corrected chi connectivity index (χ1v) is 5.03. The fourth-order valence-corrected chi connectivity index (χ4v) is 1.15. The molecule has 1 heterocycles. The summed E-state index contributed by atoms with van der Waals surface area (Å²) in [5.41, 5.74) is 5.89. The van der Waals surface area contributed by atoms with E-state index in [-0.39, 0.29) is 5.41 Å². The van der Waals surface area contributed by atoms with E-state index in [2.05, 4.69) is 24.3 Å². The Hall–Kier alpha value is -1.03. The van der Waals surface area contributed by atoms with Gasteiger partial charge in [0.2, 0.25) is 0 Å². The van der Waals surface area contributed by atoms with E-state index in [4.69, 9.17) is 5.73 Å². The molecule has 0 aromatic carbocycles. The van der Waals surface area contributed by atoms with Crippen LogP contribution in [0.3, 0.4) is 0 Å². The molecule has 1 unspecified atom stereocenters. The van der Waals surface area contributed by atoms with Crippen molar-refractivity contribution >= 4 is 5.82 Å². The Labute approximate surface area is 85.5 Å². The monoisotopic (exact) mass is 196 g/mol. The van der Waals surface area contributed by atoms with Gasteiger partial charge in [-0.2, -0.15) is 5.10 Å². The molecule has 3 N–H and O–H groups in total. The standard InChI is InChI=1S/C10H20N4/c1-4-10(2,7-11)8-12-9-5-6-14(3)13-9/h5-6H,4,7-8,11H2,1-3H3,(H,12,13). The highest BCUT2D eigenvalue weighted by Gasteiger charge is 2.19. The summed E-state index contributed by atoms with van der Waals surface area (Å²) in [7, 11) is 1.91. The van der Waals surface area contributed by atoms with Gasteiger partial charge in [0.15, 0.2) is 0 Å². The van der Waals surface area contributed by atoms with Crippen LogP contribution in [0.4, 0.5) is 5.82 Å². The van der Waals surface area contributed by atoms with E-state index in [1.807, 2.05) is 19.3 Å². The molecule has 0 saturated heterocycles. The molecule has 0 bridgehead atoms. The van der Waals surface area contributed by atoms with Crippen LogP contribution in [0.5, 0.6) is 0 Å². The number of aromatic nitrogens is 2. The van der Waals surface area contributed by atoms with E-state index in [1.54, 1.807) is 4.68 Å². The first-order chi connectivity index (χ1) is 6.59. The third-order valence-electron chi connectivity index (χ3n) is 2.76. The van der Waals surface area contributed by atoms with Crippen molar-refractivity contribution in [1.82, 2.24) is 9.78 Å². The fraction of sp³-hybridized carbons (Fsp3) is 0.700. The van der Waals surface area contributed by atoms with Crippen LogP contribution in [0.1, 0.15) is 20.3 Å². The minimum absolute atomic E-state index is 0.164. The van der Waals surface area contributed by atoms with E-state index < -0.39 is 0 Å². The molecule has 0 aliphatic carbocycles. The van der Waals surface area contributed by atoms with Gasteiger partial charge in [-0.1, -0.05) is 13.8 Å². The molecule has 1 rings (SSSR count). The van der Waals surface area contributed by atoms with Crippen molar-refractivity contribution in [2.45, 2.75) is 20.3 Å². The lowest BCUT2D eigenvalue weighted by Crippen LogP contribution is -2.33. The van der Waals surface area contributed by atoms with Crippen LogP contribution in [-0.4, -0.2) is 22.9 Å². The molecule has 14 heavy (non-hydrogen) atoms. The van der Waals surface area contributed by atoms with Gasteiger partial charge in [-0.05, 0) is 18.4 Å². The number of hydrogen-bond donors (Lipinski definition) is 2. The molecule has 1 aromatic heterocycles. The summed E-state index contributed by atoms with van der Waals surface area (Å²) < 4.78 is 1.79. The summed E-state index contributed by atoms with van der Waals surface area (Å²) in [4.78, 5) is 0. The Morgan fingerprint density at radius 1 is 1.64 bits per heavy atom. The molecule has 0 saturated carbocycles. The number of hydrogen-bond acceptors (Lipinski definition) is 3. The first-order valence-electron chi connectivity index (χ1n) is 5.03. The number of rotatable bonds is 5. The van der Waals surface area contributed by atoms with Gasteiger partial charge in [-0.3, -0.25) is 4.68 Å². The van der Waals surface area contributed by atoms with Gasteiger partial charge in [-0.25, -0.2) is 0 Å². The summed E-state index contributed by atoms with van der Waals surface area (Å²) in [6, 6.07) is 1.96. The van der Waals surface area contributed by atoms with Gasteiger partial charge in [0.1, 0.15) is 5.82 Å². The smallest absolute Gasteiger partial charge is 0.147 e. The average Bonchev–Trinajstić information content (AvgIpc) is 2.61. The van der Waals surface area contributed by atoms with Crippen molar-refractivity contribution in [3.63, 3.8) is 0 Å². The Morgan fingerprint density at radius 3 is 2.79 bits per heavy atom. The molecule has 0 radical (unpaired) electrons. The van der Waals surface area contributed by atoms with Crippen LogP contribution in [-0.2, 0) is 7.05 Å². The molecule has 80 valence electrons. The number of anilines is 1. The van der Waals surface area contributed by atoms with Crippen molar-refractivity contribution < 1.29 is 0 Å². The molecule has 0 aliphatic rings. The van der Waals surface area contributed by atoms with E-state index in [9.17, 15) is 0 Å². The van der Waals surface area contributed by atoms with Gasteiger partial charge >= 0.3 is 0 Å². The molecule has 4 nitrogen and oxygen atoms in total. The van der Waals surface area contributed by atoms with Gasteiger partial charge in [0, 0.05) is 25.9 Å². The maximum Gasteiger partial charge on any atom is 0.147 e. The van der Waals surface area contributed by atoms with Crippen molar-refractivity contribution in [3.8, 4) is 0 Å². The van der Waals surface area contributed by atoms with Gasteiger partial charge < -0.3 is 11.1 Å². The van der Waals surface area contributed by atoms with E-state index in [0.717, 1.165) is 18.8 Å². The third kappa shape index (κ3) is 2.73. The Bertz CT molecular complexity index is 275. The lowest BCUT2D eigenvalue weighted by molar-refractivity contribution is 0.346. The highest BCUT2D eigenvalue weighted by Crippen LogP contribution is 2.19. The quantitative estimate of drug-likeness (QED) is 0.744. The minimum Gasteiger partial charge on any atom is -0.368 e. The SMILES string of the molecule is CCC(C)(CN)CNc1ccn(C)n1. The summed E-state index contributed by atoms with van der Waals surface area (Å²) in [6.07, 6.45) is 3.00. The predicted molar refractivity (Wildman–Crippen MR) is 59.2 cm³/mol. The lowest BCUT2D eigenvalue weighted by Gasteiger charge is -2.26. The van der Waals surface area contributed by atoms with Crippen LogP contribution in [0.15, 0.2) is 12.3 Å². The van der Waals surface area contributed by atoms with E-state index in [0.29, 0.717) is 6.54 Å². The zero-order valence-corrected chi connectivity index (χ0v) is 9.25. The summed E-state index contributed by atoms with van der Waals surface area (Å²) in [6.45, 7) is 5.91. The molecule has 0 spiro atoms. The number of nitrogens with two attached hydrogens (primary N) is 1. The van der Waals surface area contributed by atoms with Crippen molar-refractivity contribution in [2.75, 3.05) is 18.4 Å². The van der Waals surface area contributed by atoms with Crippen molar-refractivity contribution in [3.05, 3.63) is 12.3 Å². The molecule has 0 fully saturated rings. The zero-order chi connectivity index (χ0) is 10.6. The van der Waals surface area contributed by atoms with Crippen LogP contribution in [0.25, 0.3) is 0 Å². The van der Waals surface area contributed by atoms with Crippen LogP contribution >= 0.6 is 0 Å². The topological polar surface area (TPSA) is 55.9 Å². The second-order valence-corrected chi connectivity index (χ2v) is 4.10. The molecular weight excluding hydrogens is 176 g/mol. The second-order valence-electron chi connectivity index (χ2n) is 4.10. The average molecular weight is 196 g/mol. The molecule has 0 amide bonds. The van der Waals surface area contributed by atoms with Crippen LogP contribution < -0.4 is 11.1 Å². The summed E-state index contributed by atoms with van der Waals surface area (Å²) in [5, 5.41) is 7.54. The molecular formula is C10H20N4. The van der Waals surface area contributed by atoms with Crippen LogP contribution in [0.2, 0.25) is 0 Å². The highest BCUT2D eigenvalue weighted by molar-refractivity contribution is 5.32. The third-order valence-corrected chi connectivity index (χ3v) is 2.76. The van der Waals surface area contributed by atoms with Gasteiger partial charge in [-0.15, -0.1) is 0 Å². The summed E-state index contributed by atoms with van der Waals surface area (Å²) in [5.74, 6) is 0.917. The second kappa shape index (κ2) is 4.46. The van der Waals surface area contributed by atoms with Crippen LogP contribution in [0, 0.1) is 5.41 Å². The van der Waals surface area contributed by atoms with Gasteiger partial charge in [0.25, 0.3) is 0 Å². The molecule has 0 aliphatic heterocycles. The van der Waals surface area contributed by atoms with Crippen molar-refractivity contribution in [2.24, 2.45) is 18.2 Å². The minimum atomic E-state index is 0.164. The lowest BCUT2D eigenvalue weighted by atomic mass is 9.88. The molecule has 4 heteroatoms. The number of nitrogens with zero attached hydrogens (tertiary/aromatic N) is 2. The van der Waals surface area contributed by atoms with Crippen molar-refractivity contribution in [1.29, 1.82) is 0 Å². The Balaban J connectivity index is 2.47. The maximum atomic E-state index is 5.72. The Morgan fingerprint density at radius 2 is 2.36 bits per heavy atom. The molecule has 1 aromatic rings. The van der Waals surface area contributed by atoms with E-state index >= 15 is 0 Å². The maximum absolute atomic E-state index is 5.72. The van der Waals surface area contributed by atoms with E-state index in [1.165, 1.54) is 0 Å². The Kier molecular flexibility index (Phi) is 3.52. The fourth-order valence-electron chi connectivity index (χ4n) is 1.15. The number of nitrogens with one attached hydrogen (secondary N) is 1. The zero-order valence-electron chi connectivity index (χ0n) is 9.25. The van der Waals surface area contributed by atoms with Gasteiger partial charge in [0.05, 0.1) is 0 Å². The summed E-state index contributed by atoms with van der Waals surface area (Å²) >= 11 is 0. The number of aryl methyl sites for hydroxylation is 1. The normalized spacial score (nSPS) is 15.1. The first kappa shape index (κ1) is 11.0. The largest absolute Gasteiger partial charge is 0.368 e. The molecule has 1 atom stereocenters. The highest BCUT2D eigenvalue weighted by atomic mass is 15.3. The predicted octanol–water partition coefficient (Wildman–Crippen LogP) is 1.21.